The van der Waals surface area contributed by atoms with Gasteiger partial charge in [0.1, 0.15) is 11.9 Å². The molecule has 4 atom stereocenters. The Hall–Kier alpha value is -2.00. The highest BCUT2D eigenvalue weighted by molar-refractivity contribution is 7.19. The van der Waals surface area contributed by atoms with Gasteiger partial charge in [-0.05, 0) is 79.8 Å². The van der Waals surface area contributed by atoms with Crippen molar-refractivity contribution in [2.75, 3.05) is 33.0 Å². The first kappa shape index (κ1) is 36.8. The summed E-state index contributed by atoms with van der Waals surface area (Å²) in [4.78, 5) is 1.28. The zero-order chi connectivity index (χ0) is 32.9. The molecule has 0 aliphatic carbocycles. The molecule has 0 bridgehead atoms. The van der Waals surface area contributed by atoms with Crippen LogP contribution < -0.4 is 4.74 Å². The minimum Gasteiger partial charge on any atom is -0.493 e. The monoisotopic (exact) mass is 654 g/mol. The summed E-state index contributed by atoms with van der Waals surface area (Å²) in [5, 5.41) is 14.3. The molecule has 1 saturated heterocycles. The Balaban J connectivity index is 1.81. The SMILES string of the molecule is CCCCOC[C@@H]1C[C@H](OCCCC)[C@@H](OCCCC)C(O)(c2cc(Cc3cc4ccccc4s3)c(C)c(C)c2OCCCC)O1. The minimum atomic E-state index is -1.78. The molecule has 0 amide bonds. The van der Waals surface area contributed by atoms with E-state index in [4.69, 9.17) is 23.7 Å². The predicted octanol–water partition coefficient (Wildman–Crippen LogP) is 9.41. The maximum absolute atomic E-state index is 13.0. The maximum Gasteiger partial charge on any atom is 0.226 e. The quantitative estimate of drug-likeness (QED) is 0.123. The van der Waals surface area contributed by atoms with Crippen LogP contribution in [0.15, 0.2) is 36.4 Å². The molecule has 0 radical (unpaired) electrons. The van der Waals surface area contributed by atoms with E-state index in [2.05, 4.69) is 77.9 Å². The van der Waals surface area contributed by atoms with E-state index in [0.29, 0.717) is 50.8 Å². The summed E-state index contributed by atoms with van der Waals surface area (Å²) in [6.45, 7) is 15.7. The van der Waals surface area contributed by atoms with E-state index >= 15 is 0 Å². The normalized spacial score (nSPS) is 21.7. The first-order chi connectivity index (χ1) is 22.4. The van der Waals surface area contributed by atoms with E-state index < -0.39 is 11.9 Å². The third-order valence-corrected chi connectivity index (χ3v) is 10.2. The van der Waals surface area contributed by atoms with Crippen LogP contribution in [0.3, 0.4) is 0 Å². The van der Waals surface area contributed by atoms with Gasteiger partial charge in [0.2, 0.25) is 5.79 Å². The van der Waals surface area contributed by atoms with Crippen molar-refractivity contribution >= 4 is 21.4 Å². The third kappa shape index (κ3) is 9.33. The molecule has 1 aliphatic rings. The fourth-order valence-electron chi connectivity index (χ4n) is 6.12. The van der Waals surface area contributed by atoms with Crippen molar-refractivity contribution in [1.82, 2.24) is 0 Å². The van der Waals surface area contributed by atoms with Gasteiger partial charge in [-0.3, -0.25) is 0 Å². The van der Waals surface area contributed by atoms with Crippen molar-refractivity contribution in [3.05, 3.63) is 63.5 Å². The zero-order valence-corrected chi connectivity index (χ0v) is 30.0. The molecule has 1 fully saturated rings. The number of benzene rings is 2. The number of hydrogen-bond donors (Lipinski definition) is 1. The van der Waals surface area contributed by atoms with Crippen molar-refractivity contribution in [2.24, 2.45) is 0 Å². The standard InChI is InChI=1S/C39H58O6S/c1-7-11-19-41-27-32-26-35(42-20-12-8-2)38(44-22-14-10-4)39(40,45-32)34-25-31(28(5)29(6)37(34)43-21-13-9-3)24-33-23-30-17-15-16-18-36(30)46-33/h15-18,23,25,32,35,38,40H,7-14,19-22,24,26-27H2,1-6H3/t32-,35-,38+,39?/m0/s1. The molecular weight excluding hydrogens is 596 g/mol. The van der Waals surface area contributed by atoms with Crippen LogP contribution in [-0.2, 0) is 31.2 Å². The summed E-state index contributed by atoms with van der Waals surface area (Å²) < 4.78 is 33.8. The second-order valence-electron chi connectivity index (χ2n) is 12.8. The zero-order valence-electron chi connectivity index (χ0n) is 29.2. The molecule has 1 unspecified atom stereocenters. The second kappa shape index (κ2) is 18.5. The van der Waals surface area contributed by atoms with E-state index in [1.807, 2.05) is 11.3 Å². The lowest BCUT2D eigenvalue weighted by Crippen LogP contribution is -2.59. The number of unbranched alkanes of at least 4 members (excludes halogenated alkanes) is 4. The van der Waals surface area contributed by atoms with Gasteiger partial charge in [0.25, 0.3) is 0 Å². The molecular formula is C39H58O6S. The fourth-order valence-corrected chi connectivity index (χ4v) is 7.21. The van der Waals surface area contributed by atoms with Gasteiger partial charge in [0.05, 0.1) is 31.0 Å². The van der Waals surface area contributed by atoms with Crippen molar-refractivity contribution in [3.8, 4) is 5.75 Å². The Bertz CT molecular complexity index is 1300. The minimum absolute atomic E-state index is 0.349. The molecule has 1 aromatic heterocycles. The van der Waals surface area contributed by atoms with Crippen molar-refractivity contribution in [2.45, 2.75) is 130 Å². The van der Waals surface area contributed by atoms with E-state index in [0.717, 1.165) is 68.9 Å². The van der Waals surface area contributed by atoms with Gasteiger partial charge < -0.3 is 28.8 Å². The molecule has 1 aliphatic heterocycles. The summed E-state index contributed by atoms with van der Waals surface area (Å²) in [7, 11) is 0. The number of thiophene rings is 1. The molecule has 1 N–H and O–H groups in total. The predicted molar refractivity (Wildman–Crippen MR) is 189 cm³/mol. The van der Waals surface area contributed by atoms with Crippen LogP contribution in [0.4, 0.5) is 0 Å². The number of hydrogen-bond acceptors (Lipinski definition) is 7. The molecule has 3 aromatic rings. The van der Waals surface area contributed by atoms with Crippen molar-refractivity contribution < 1.29 is 28.8 Å². The van der Waals surface area contributed by atoms with Crippen LogP contribution in [0.5, 0.6) is 5.75 Å². The van der Waals surface area contributed by atoms with E-state index in [9.17, 15) is 5.11 Å². The number of aliphatic hydroxyl groups is 1. The van der Waals surface area contributed by atoms with Gasteiger partial charge in [-0.25, -0.2) is 0 Å². The Labute approximate surface area is 281 Å². The molecule has 7 heteroatoms. The topological polar surface area (TPSA) is 66.4 Å². The van der Waals surface area contributed by atoms with Crippen LogP contribution in [0.25, 0.3) is 10.1 Å². The molecule has 6 nitrogen and oxygen atoms in total. The highest BCUT2D eigenvalue weighted by Crippen LogP contribution is 2.46. The maximum atomic E-state index is 13.0. The Morgan fingerprint density at radius 3 is 2.24 bits per heavy atom. The molecule has 2 aromatic carbocycles. The molecule has 0 spiro atoms. The van der Waals surface area contributed by atoms with Gasteiger partial charge >= 0.3 is 0 Å². The van der Waals surface area contributed by atoms with Crippen LogP contribution in [0.2, 0.25) is 0 Å². The number of rotatable bonds is 20. The molecule has 256 valence electrons. The molecule has 4 rings (SSSR count). The summed E-state index contributed by atoms with van der Waals surface area (Å²) in [6, 6.07) is 12.9. The second-order valence-corrected chi connectivity index (χ2v) is 14.0. The van der Waals surface area contributed by atoms with Crippen LogP contribution in [0.1, 0.15) is 113 Å². The summed E-state index contributed by atoms with van der Waals surface area (Å²) in [5.41, 5.74) is 3.98. The highest BCUT2D eigenvalue weighted by Gasteiger charge is 2.53. The fraction of sp³-hybridized carbons (Fsp3) is 0.641. The van der Waals surface area contributed by atoms with Gasteiger partial charge in [0, 0.05) is 42.2 Å². The van der Waals surface area contributed by atoms with E-state index in [1.54, 1.807) is 0 Å². The Kier molecular flexibility index (Phi) is 14.8. The largest absolute Gasteiger partial charge is 0.493 e. The first-order valence-electron chi connectivity index (χ1n) is 17.8. The van der Waals surface area contributed by atoms with Crippen LogP contribution in [-0.4, -0.2) is 56.5 Å². The van der Waals surface area contributed by atoms with Crippen molar-refractivity contribution in [1.29, 1.82) is 0 Å². The lowest BCUT2D eigenvalue weighted by Gasteiger charge is -2.47. The molecule has 2 heterocycles. The average molecular weight is 655 g/mol. The van der Waals surface area contributed by atoms with Gasteiger partial charge in [-0.2, -0.15) is 0 Å². The average Bonchev–Trinajstić information content (AvgIpc) is 3.46. The summed E-state index contributed by atoms with van der Waals surface area (Å²) in [6.07, 6.45) is 7.81. The lowest BCUT2D eigenvalue weighted by atomic mass is 9.85. The number of fused-ring (bicyclic) bond motifs is 1. The lowest BCUT2D eigenvalue weighted by molar-refractivity contribution is -0.348. The highest BCUT2D eigenvalue weighted by atomic mass is 32.1. The van der Waals surface area contributed by atoms with Crippen LogP contribution in [0, 0.1) is 13.8 Å². The smallest absolute Gasteiger partial charge is 0.226 e. The number of ether oxygens (including phenoxy) is 5. The molecule has 46 heavy (non-hydrogen) atoms. The van der Waals surface area contributed by atoms with E-state index in [1.165, 1.54) is 20.5 Å². The first-order valence-corrected chi connectivity index (χ1v) is 18.6. The summed E-state index contributed by atoms with van der Waals surface area (Å²) in [5.74, 6) is -1.09. The third-order valence-electron chi connectivity index (χ3n) is 9.06. The van der Waals surface area contributed by atoms with Gasteiger partial charge in [-0.1, -0.05) is 71.6 Å². The van der Waals surface area contributed by atoms with Crippen LogP contribution >= 0.6 is 11.3 Å². The van der Waals surface area contributed by atoms with Gasteiger partial charge in [-0.15, -0.1) is 11.3 Å². The van der Waals surface area contributed by atoms with Gasteiger partial charge in [0.15, 0.2) is 0 Å². The van der Waals surface area contributed by atoms with E-state index in [-0.39, 0.29) is 12.2 Å². The Morgan fingerprint density at radius 2 is 1.52 bits per heavy atom. The summed E-state index contributed by atoms with van der Waals surface area (Å²) >= 11 is 1.82. The van der Waals surface area contributed by atoms with Crippen molar-refractivity contribution in [3.63, 3.8) is 0 Å². The molecule has 0 saturated carbocycles. The Morgan fingerprint density at radius 1 is 0.848 bits per heavy atom.